The Morgan fingerprint density at radius 3 is 2.45 bits per heavy atom. The van der Waals surface area contributed by atoms with Gasteiger partial charge in [0.2, 0.25) is 0 Å². The van der Waals surface area contributed by atoms with Crippen LogP contribution < -0.4 is 10.1 Å². The third-order valence-electron chi connectivity index (χ3n) is 7.54. The first-order valence-corrected chi connectivity index (χ1v) is 11.4. The number of ether oxygens (including phenoxy) is 1. The summed E-state index contributed by atoms with van der Waals surface area (Å²) < 4.78 is 6.19. The van der Waals surface area contributed by atoms with Gasteiger partial charge in [-0.15, -0.1) is 0 Å². The Morgan fingerprint density at radius 1 is 0.966 bits per heavy atom. The standard InChI is InChI=1S/C26H32ClNO/c1-24-11-20-12-25(2,16-24)18-26(13-20,17-24)28-14-21-7-3-4-9-23(21)29-15-19-6-5-8-22(27)10-19/h3-10,20,28H,11-18H2,1-2H3. The van der Waals surface area contributed by atoms with E-state index in [0.29, 0.717) is 23.0 Å². The number of benzene rings is 2. The average molecular weight is 410 g/mol. The Bertz CT molecular complexity index is 891. The minimum atomic E-state index is 0.309. The lowest BCUT2D eigenvalue weighted by molar-refractivity contribution is -0.118. The van der Waals surface area contributed by atoms with Gasteiger partial charge in [-0.1, -0.05) is 55.8 Å². The lowest BCUT2D eigenvalue weighted by Crippen LogP contribution is -2.63. The number of halogens is 1. The first kappa shape index (κ1) is 19.5. The van der Waals surface area contributed by atoms with Gasteiger partial charge in [-0.2, -0.15) is 0 Å². The fourth-order valence-electron chi connectivity index (χ4n) is 7.51. The van der Waals surface area contributed by atoms with Crippen molar-refractivity contribution in [3.05, 3.63) is 64.7 Å². The molecule has 6 rings (SSSR count). The molecule has 0 spiro atoms. The van der Waals surface area contributed by atoms with E-state index in [1.807, 2.05) is 18.2 Å². The predicted molar refractivity (Wildman–Crippen MR) is 119 cm³/mol. The first-order chi connectivity index (χ1) is 13.8. The van der Waals surface area contributed by atoms with Gasteiger partial charge in [0.05, 0.1) is 0 Å². The summed E-state index contributed by atoms with van der Waals surface area (Å²) in [5, 5.41) is 4.80. The molecule has 0 amide bonds. The summed E-state index contributed by atoms with van der Waals surface area (Å²) in [6, 6.07) is 16.4. The van der Waals surface area contributed by atoms with Gasteiger partial charge < -0.3 is 10.1 Å². The molecular formula is C26H32ClNO. The summed E-state index contributed by atoms with van der Waals surface area (Å²) in [5.41, 5.74) is 3.72. The normalized spacial score (nSPS) is 35.1. The Balaban J connectivity index is 1.29. The maximum atomic E-state index is 6.19. The molecule has 4 fully saturated rings. The summed E-state index contributed by atoms with van der Waals surface area (Å²) in [7, 11) is 0. The molecule has 2 aromatic carbocycles. The molecule has 4 aliphatic carbocycles. The van der Waals surface area contributed by atoms with E-state index < -0.39 is 0 Å². The van der Waals surface area contributed by atoms with Crippen molar-refractivity contribution in [1.29, 1.82) is 0 Å². The molecule has 4 saturated carbocycles. The van der Waals surface area contributed by atoms with Crippen LogP contribution in [0.15, 0.2) is 48.5 Å². The van der Waals surface area contributed by atoms with Crippen molar-refractivity contribution in [3.8, 4) is 5.75 Å². The number of hydrogen-bond donors (Lipinski definition) is 1. The molecule has 3 heteroatoms. The van der Waals surface area contributed by atoms with E-state index in [1.54, 1.807) is 0 Å². The van der Waals surface area contributed by atoms with Gasteiger partial charge in [0, 0.05) is 22.7 Å². The molecule has 1 N–H and O–H groups in total. The van der Waals surface area contributed by atoms with Crippen LogP contribution in [-0.4, -0.2) is 5.54 Å². The van der Waals surface area contributed by atoms with E-state index >= 15 is 0 Å². The van der Waals surface area contributed by atoms with E-state index in [1.165, 1.54) is 44.1 Å². The van der Waals surface area contributed by atoms with Crippen molar-refractivity contribution in [2.75, 3.05) is 0 Å². The summed E-state index contributed by atoms with van der Waals surface area (Å²) in [6.07, 6.45) is 8.30. The van der Waals surface area contributed by atoms with E-state index in [9.17, 15) is 0 Å². The van der Waals surface area contributed by atoms with E-state index in [4.69, 9.17) is 16.3 Å². The van der Waals surface area contributed by atoms with Crippen LogP contribution in [0.25, 0.3) is 0 Å². The monoisotopic (exact) mass is 409 g/mol. The largest absolute Gasteiger partial charge is 0.489 e. The Hall–Kier alpha value is -1.51. The summed E-state index contributed by atoms with van der Waals surface area (Å²) in [4.78, 5) is 0. The highest BCUT2D eigenvalue weighted by molar-refractivity contribution is 6.30. The van der Waals surface area contributed by atoms with Crippen LogP contribution in [0.2, 0.25) is 5.02 Å². The van der Waals surface area contributed by atoms with Crippen molar-refractivity contribution >= 4 is 11.6 Å². The zero-order valence-corrected chi connectivity index (χ0v) is 18.4. The third-order valence-corrected chi connectivity index (χ3v) is 7.77. The van der Waals surface area contributed by atoms with Crippen LogP contribution in [0.1, 0.15) is 63.5 Å². The van der Waals surface area contributed by atoms with Crippen LogP contribution in [-0.2, 0) is 13.2 Å². The van der Waals surface area contributed by atoms with E-state index in [-0.39, 0.29) is 0 Å². The number of hydrogen-bond acceptors (Lipinski definition) is 2. The van der Waals surface area contributed by atoms with E-state index in [0.717, 1.165) is 28.8 Å². The van der Waals surface area contributed by atoms with Crippen LogP contribution in [0.5, 0.6) is 5.75 Å². The van der Waals surface area contributed by atoms with Crippen LogP contribution in [0.3, 0.4) is 0 Å². The predicted octanol–water partition coefficient (Wildman–Crippen LogP) is 6.76. The molecular weight excluding hydrogens is 378 g/mol. The zero-order chi connectivity index (χ0) is 20.1. The highest BCUT2D eigenvalue weighted by Crippen LogP contribution is 2.66. The molecule has 0 aliphatic heterocycles. The lowest BCUT2D eigenvalue weighted by Gasteiger charge is -2.65. The minimum Gasteiger partial charge on any atom is -0.489 e. The van der Waals surface area contributed by atoms with Gasteiger partial charge in [0.1, 0.15) is 12.4 Å². The van der Waals surface area contributed by atoms with Crippen LogP contribution >= 0.6 is 11.6 Å². The fraction of sp³-hybridized carbons (Fsp3) is 0.538. The van der Waals surface area contributed by atoms with Crippen molar-refractivity contribution < 1.29 is 4.74 Å². The molecule has 154 valence electrons. The van der Waals surface area contributed by atoms with E-state index in [2.05, 4.69) is 49.5 Å². The van der Waals surface area contributed by atoms with Crippen molar-refractivity contribution in [3.63, 3.8) is 0 Å². The highest BCUT2D eigenvalue weighted by Gasteiger charge is 2.59. The maximum absolute atomic E-state index is 6.19. The Kier molecular flexibility index (Phi) is 4.71. The average Bonchev–Trinajstić information content (AvgIpc) is 2.62. The lowest BCUT2D eigenvalue weighted by atomic mass is 9.43. The molecule has 0 saturated heterocycles. The number of para-hydroxylation sites is 1. The first-order valence-electron chi connectivity index (χ1n) is 11.0. The smallest absolute Gasteiger partial charge is 0.124 e. The highest BCUT2D eigenvalue weighted by atomic mass is 35.5. The van der Waals surface area contributed by atoms with Crippen molar-refractivity contribution in [2.45, 2.75) is 71.1 Å². The van der Waals surface area contributed by atoms with Gasteiger partial charge in [-0.3, -0.25) is 0 Å². The quantitative estimate of drug-likeness (QED) is 0.569. The molecule has 2 aromatic rings. The Labute approximate surface area is 180 Å². The molecule has 0 aromatic heterocycles. The molecule has 4 aliphatic rings. The molecule has 2 unspecified atom stereocenters. The molecule has 0 heterocycles. The minimum absolute atomic E-state index is 0.309. The maximum Gasteiger partial charge on any atom is 0.124 e. The van der Waals surface area contributed by atoms with Crippen LogP contribution in [0, 0.1) is 16.7 Å². The third kappa shape index (κ3) is 3.94. The summed E-state index contributed by atoms with van der Waals surface area (Å²) in [6.45, 7) is 6.49. The van der Waals surface area contributed by atoms with Crippen LogP contribution in [0.4, 0.5) is 0 Å². The SMILES string of the molecule is CC12CC3CC(C)(C1)CC(NCc1ccccc1OCc1cccc(Cl)c1)(C3)C2. The molecule has 0 radical (unpaired) electrons. The topological polar surface area (TPSA) is 21.3 Å². The zero-order valence-electron chi connectivity index (χ0n) is 17.6. The molecule has 4 bridgehead atoms. The number of nitrogens with one attached hydrogen (secondary N) is 1. The van der Waals surface area contributed by atoms with Gasteiger partial charge in [-0.25, -0.2) is 0 Å². The second kappa shape index (κ2) is 7.03. The molecule has 2 nitrogen and oxygen atoms in total. The van der Waals surface area contributed by atoms with Gasteiger partial charge >= 0.3 is 0 Å². The second-order valence-corrected chi connectivity index (χ2v) is 11.2. The van der Waals surface area contributed by atoms with Crippen molar-refractivity contribution in [1.82, 2.24) is 5.32 Å². The number of rotatable bonds is 6. The van der Waals surface area contributed by atoms with Gasteiger partial charge in [-0.05, 0) is 79.0 Å². The summed E-state index contributed by atoms with van der Waals surface area (Å²) >= 11 is 6.11. The van der Waals surface area contributed by atoms with Gasteiger partial charge in [0.15, 0.2) is 0 Å². The second-order valence-electron chi connectivity index (χ2n) is 10.8. The van der Waals surface area contributed by atoms with Gasteiger partial charge in [0.25, 0.3) is 0 Å². The fourth-order valence-corrected chi connectivity index (χ4v) is 7.72. The molecule has 29 heavy (non-hydrogen) atoms. The Morgan fingerprint density at radius 2 is 1.72 bits per heavy atom. The molecule has 2 atom stereocenters. The van der Waals surface area contributed by atoms with Crippen molar-refractivity contribution in [2.24, 2.45) is 16.7 Å². The summed E-state index contributed by atoms with van der Waals surface area (Å²) in [5.74, 6) is 1.88.